The van der Waals surface area contributed by atoms with Gasteiger partial charge in [0.05, 0.1) is 11.6 Å². The molecule has 0 radical (unpaired) electrons. The van der Waals surface area contributed by atoms with E-state index in [0.29, 0.717) is 18.4 Å². The molecule has 1 heterocycles. The van der Waals surface area contributed by atoms with Gasteiger partial charge in [0, 0.05) is 11.8 Å². The van der Waals surface area contributed by atoms with Crippen molar-refractivity contribution in [2.45, 2.75) is 32.1 Å². The van der Waals surface area contributed by atoms with E-state index in [1.807, 2.05) is 44.2 Å². The van der Waals surface area contributed by atoms with Crippen molar-refractivity contribution in [1.29, 1.82) is 0 Å². The smallest absolute Gasteiger partial charge is 0.175 e. The first-order valence-corrected chi connectivity index (χ1v) is 6.85. The Bertz CT molecular complexity index is 591. The molecule has 2 rings (SSSR count). The van der Waals surface area contributed by atoms with E-state index in [-0.39, 0.29) is 5.78 Å². The Kier molecular flexibility index (Phi) is 4.28. The van der Waals surface area contributed by atoms with Gasteiger partial charge in [-0.2, -0.15) is 0 Å². The van der Waals surface area contributed by atoms with Crippen molar-refractivity contribution in [2.75, 3.05) is 0 Å². The van der Waals surface area contributed by atoms with Crippen LogP contribution in [0.15, 0.2) is 48.8 Å². The monoisotopic (exact) mass is 271 g/mol. The zero-order chi connectivity index (χ0) is 14.6. The third kappa shape index (κ3) is 2.48. The second kappa shape index (κ2) is 5.95. The quantitative estimate of drug-likeness (QED) is 0.764. The first kappa shape index (κ1) is 14.4. The normalized spacial score (nSPS) is 11.3. The molecule has 0 aliphatic carbocycles. The van der Waals surface area contributed by atoms with E-state index in [0.717, 1.165) is 11.8 Å². The van der Waals surface area contributed by atoms with Crippen LogP contribution in [0.1, 0.15) is 42.6 Å². The standard InChI is InChI=1S/C17H18FNO/c1-3-17(4-2,14-8-6-5-7-9-14)16(20)13-10-15(18)12-19-11-13/h5-12H,3-4H2,1-2H3. The number of hydrogen-bond donors (Lipinski definition) is 0. The summed E-state index contributed by atoms with van der Waals surface area (Å²) in [4.78, 5) is 16.7. The molecule has 0 spiro atoms. The van der Waals surface area contributed by atoms with Gasteiger partial charge >= 0.3 is 0 Å². The Balaban J connectivity index is 2.51. The highest BCUT2D eigenvalue weighted by molar-refractivity contribution is 6.03. The molecule has 0 unspecified atom stereocenters. The first-order chi connectivity index (χ1) is 9.64. The van der Waals surface area contributed by atoms with E-state index in [1.54, 1.807) is 0 Å². The summed E-state index contributed by atoms with van der Waals surface area (Å²) in [7, 11) is 0. The number of benzene rings is 1. The molecular formula is C17H18FNO. The second-order valence-electron chi connectivity index (χ2n) is 4.88. The Labute approximate surface area is 118 Å². The van der Waals surface area contributed by atoms with E-state index in [1.165, 1.54) is 12.3 Å². The highest BCUT2D eigenvalue weighted by Gasteiger charge is 2.37. The molecule has 0 amide bonds. The first-order valence-electron chi connectivity index (χ1n) is 6.85. The van der Waals surface area contributed by atoms with Crippen LogP contribution in [-0.4, -0.2) is 10.8 Å². The van der Waals surface area contributed by atoms with Gasteiger partial charge in [0.2, 0.25) is 0 Å². The summed E-state index contributed by atoms with van der Waals surface area (Å²) < 4.78 is 13.3. The minimum atomic E-state index is -0.614. The average Bonchev–Trinajstić information content (AvgIpc) is 2.50. The third-order valence-corrected chi connectivity index (χ3v) is 3.94. The molecule has 0 saturated carbocycles. The Hall–Kier alpha value is -2.03. The number of carbonyl (C=O) groups is 1. The lowest BCUT2D eigenvalue weighted by atomic mass is 9.71. The lowest BCUT2D eigenvalue weighted by Gasteiger charge is -2.30. The second-order valence-corrected chi connectivity index (χ2v) is 4.88. The number of aromatic nitrogens is 1. The largest absolute Gasteiger partial charge is 0.293 e. The average molecular weight is 271 g/mol. The predicted molar refractivity (Wildman–Crippen MR) is 77.2 cm³/mol. The number of rotatable bonds is 5. The summed E-state index contributed by atoms with van der Waals surface area (Å²) in [6, 6.07) is 10.9. The molecule has 1 aromatic carbocycles. The van der Waals surface area contributed by atoms with Gasteiger partial charge in [-0.3, -0.25) is 9.78 Å². The maximum Gasteiger partial charge on any atom is 0.175 e. The molecular weight excluding hydrogens is 253 g/mol. The molecule has 0 aliphatic rings. The summed E-state index contributed by atoms with van der Waals surface area (Å²) in [6.45, 7) is 3.97. The van der Waals surface area contributed by atoms with Crippen LogP contribution in [0.4, 0.5) is 4.39 Å². The van der Waals surface area contributed by atoms with Gasteiger partial charge in [0.1, 0.15) is 5.82 Å². The number of carbonyl (C=O) groups excluding carboxylic acids is 1. The minimum Gasteiger partial charge on any atom is -0.293 e. The van der Waals surface area contributed by atoms with Crippen LogP contribution in [0.3, 0.4) is 0 Å². The van der Waals surface area contributed by atoms with E-state index in [2.05, 4.69) is 4.98 Å². The fraction of sp³-hybridized carbons (Fsp3) is 0.294. The Morgan fingerprint density at radius 2 is 1.80 bits per heavy atom. The number of pyridine rings is 1. The Morgan fingerprint density at radius 1 is 1.15 bits per heavy atom. The van der Waals surface area contributed by atoms with Crippen molar-refractivity contribution in [3.8, 4) is 0 Å². The van der Waals surface area contributed by atoms with Crippen molar-refractivity contribution in [3.05, 3.63) is 65.7 Å². The molecule has 3 heteroatoms. The van der Waals surface area contributed by atoms with Crippen molar-refractivity contribution in [2.24, 2.45) is 0 Å². The van der Waals surface area contributed by atoms with Crippen LogP contribution in [0, 0.1) is 5.82 Å². The summed E-state index contributed by atoms with van der Waals surface area (Å²) in [6.07, 6.45) is 3.89. The maximum absolute atomic E-state index is 13.3. The van der Waals surface area contributed by atoms with E-state index in [9.17, 15) is 9.18 Å². The molecule has 2 nitrogen and oxygen atoms in total. The van der Waals surface area contributed by atoms with Gasteiger partial charge in [-0.05, 0) is 24.5 Å². The van der Waals surface area contributed by atoms with Gasteiger partial charge in [0.25, 0.3) is 0 Å². The highest BCUT2D eigenvalue weighted by atomic mass is 19.1. The van der Waals surface area contributed by atoms with Crippen molar-refractivity contribution in [1.82, 2.24) is 4.98 Å². The molecule has 0 bridgehead atoms. The highest BCUT2D eigenvalue weighted by Crippen LogP contribution is 2.35. The van der Waals surface area contributed by atoms with Crippen LogP contribution in [0.25, 0.3) is 0 Å². The van der Waals surface area contributed by atoms with E-state index >= 15 is 0 Å². The molecule has 0 atom stereocenters. The van der Waals surface area contributed by atoms with Gasteiger partial charge in [-0.1, -0.05) is 44.2 Å². The van der Waals surface area contributed by atoms with Crippen LogP contribution in [0.5, 0.6) is 0 Å². The molecule has 0 aliphatic heterocycles. The summed E-state index contributed by atoms with van der Waals surface area (Å²) >= 11 is 0. The van der Waals surface area contributed by atoms with Crippen LogP contribution in [-0.2, 0) is 5.41 Å². The lowest BCUT2D eigenvalue weighted by Crippen LogP contribution is -2.35. The minimum absolute atomic E-state index is 0.0688. The number of nitrogens with zero attached hydrogens (tertiary/aromatic N) is 1. The molecule has 20 heavy (non-hydrogen) atoms. The topological polar surface area (TPSA) is 30.0 Å². The van der Waals surface area contributed by atoms with E-state index < -0.39 is 11.2 Å². The van der Waals surface area contributed by atoms with Crippen LogP contribution in [0.2, 0.25) is 0 Å². The van der Waals surface area contributed by atoms with Gasteiger partial charge in [0.15, 0.2) is 5.78 Å². The molecule has 104 valence electrons. The summed E-state index contributed by atoms with van der Waals surface area (Å²) in [5, 5.41) is 0. The van der Waals surface area contributed by atoms with Gasteiger partial charge in [-0.15, -0.1) is 0 Å². The zero-order valence-electron chi connectivity index (χ0n) is 11.8. The fourth-order valence-electron chi connectivity index (χ4n) is 2.68. The number of ketones is 1. The van der Waals surface area contributed by atoms with Crippen LogP contribution >= 0.6 is 0 Å². The molecule has 0 N–H and O–H groups in total. The molecule has 2 aromatic rings. The third-order valence-electron chi connectivity index (χ3n) is 3.94. The summed E-state index contributed by atoms with van der Waals surface area (Å²) in [5.74, 6) is -0.550. The SMILES string of the molecule is CCC(CC)(C(=O)c1cncc(F)c1)c1ccccc1. The van der Waals surface area contributed by atoms with Crippen molar-refractivity contribution >= 4 is 5.78 Å². The fourth-order valence-corrected chi connectivity index (χ4v) is 2.68. The van der Waals surface area contributed by atoms with E-state index in [4.69, 9.17) is 0 Å². The number of hydrogen-bond acceptors (Lipinski definition) is 2. The number of Topliss-reactive ketones (excluding diaryl/α,β-unsaturated/α-hetero) is 1. The van der Waals surface area contributed by atoms with Crippen LogP contribution < -0.4 is 0 Å². The molecule has 1 aromatic heterocycles. The summed E-state index contributed by atoms with van der Waals surface area (Å²) in [5.41, 5.74) is 0.688. The maximum atomic E-state index is 13.3. The molecule has 0 saturated heterocycles. The van der Waals surface area contributed by atoms with Gasteiger partial charge < -0.3 is 0 Å². The van der Waals surface area contributed by atoms with Crippen molar-refractivity contribution in [3.63, 3.8) is 0 Å². The Morgan fingerprint density at radius 3 is 2.35 bits per heavy atom. The van der Waals surface area contributed by atoms with Crippen molar-refractivity contribution < 1.29 is 9.18 Å². The lowest BCUT2D eigenvalue weighted by molar-refractivity contribution is 0.0872. The molecule has 0 fully saturated rings. The predicted octanol–water partition coefficient (Wildman–Crippen LogP) is 4.16. The number of halogens is 1. The van der Waals surface area contributed by atoms with Gasteiger partial charge in [-0.25, -0.2) is 4.39 Å². The zero-order valence-corrected chi connectivity index (χ0v) is 11.8.